The number of halogens is 1. The molecule has 0 heterocycles. The van der Waals surface area contributed by atoms with Crippen LogP contribution in [0.25, 0.3) is 0 Å². The van der Waals surface area contributed by atoms with E-state index in [1.54, 1.807) is 0 Å². The van der Waals surface area contributed by atoms with E-state index in [0.29, 0.717) is 13.1 Å². The summed E-state index contributed by atoms with van der Waals surface area (Å²) in [5.74, 6) is 0. The highest BCUT2D eigenvalue weighted by Crippen LogP contribution is 2.23. The summed E-state index contributed by atoms with van der Waals surface area (Å²) in [6, 6.07) is 5.58. The van der Waals surface area contributed by atoms with Crippen molar-refractivity contribution >= 4 is 21.6 Å². The van der Waals surface area contributed by atoms with Crippen LogP contribution in [0.2, 0.25) is 0 Å². The van der Waals surface area contributed by atoms with Gasteiger partial charge in [0, 0.05) is 23.2 Å². The number of nitrogens with zero attached hydrogens (tertiary/aromatic N) is 1. The lowest BCUT2D eigenvalue weighted by Crippen LogP contribution is -2.29. The molecule has 4 nitrogen and oxygen atoms in total. The van der Waals surface area contributed by atoms with Crippen molar-refractivity contribution in [3.8, 4) is 0 Å². The number of rotatable bonds is 6. The molecule has 16 heavy (non-hydrogen) atoms. The van der Waals surface area contributed by atoms with Gasteiger partial charge in [-0.15, -0.1) is 0 Å². The zero-order valence-corrected chi connectivity index (χ0v) is 10.5. The van der Waals surface area contributed by atoms with Crippen LogP contribution in [0.3, 0.4) is 0 Å². The van der Waals surface area contributed by atoms with E-state index in [2.05, 4.69) is 15.9 Å². The van der Waals surface area contributed by atoms with E-state index >= 15 is 0 Å². The normalized spacial score (nSPS) is 10.5. The highest BCUT2D eigenvalue weighted by molar-refractivity contribution is 9.10. The molecule has 1 aromatic carbocycles. The fourth-order valence-electron chi connectivity index (χ4n) is 1.49. The molecular weight excluding hydrogens is 274 g/mol. The summed E-state index contributed by atoms with van der Waals surface area (Å²) in [6.45, 7) is 0.954. The molecule has 0 saturated carbocycles. The van der Waals surface area contributed by atoms with Crippen molar-refractivity contribution in [3.63, 3.8) is 0 Å². The third kappa shape index (κ3) is 3.45. The first kappa shape index (κ1) is 13.4. The average Bonchev–Trinajstić information content (AvgIpc) is 2.29. The van der Waals surface area contributed by atoms with Crippen molar-refractivity contribution in [1.82, 2.24) is 0 Å². The Morgan fingerprint density at radius 2 is 1.69 bits per heavy atom. The predicted octanol–water partition coefficient (Wildman–Crippen LogP) is 0.732. The Kier molecular flexibility index (Phi) is 5.76. The van der Waals surface area contributed by atoms with Gasteiger partial charge in [-0.05, 0) is 23.8 Å². The quantitative estimate of drug-likeness (QED) is 0.723. The van der Waals surface area contributed by atoms with E-state index in [4.69, 9.17) is 15.3 Å². The monoisotopic (exact) mass is 289 g/mol. The molecule has 0 spiro atoms. The minimum atomic E-state index is -0.0412. The molecular formula is C11H16BrNO3. The van der Waals surface area contributed by atoms with Gasteiger partial charge in [0.1, 0.15) is 0 Å². The Morgan fingerprint density at radius 3 is 2.19 bits per heavy atom. The van der Waals surface area contributed by atoms with Gasteiger partial charge in [0.2, 0.25) is 0 Å². The van der Waals surface area contributed by atoms with Crippen LogP contribution in [0.1, 0.15) is 5.56 Å². The molecule has 3 N–H and O–H groups in total. The maximum Gasteiger partial charge on any atom is 0.0693 e. The first-order valence-electron chi connectivity index (χ1n) is 5.09. The second-order valence-corrected chi connectivity index (χ2v) is 4.22. The van der Waals surface area contributed by atoms with Crippen molar-refractivity contribution in [3.05, 3.63) is 28.2 Å². The summed E-state index contributed by atoms with van der Waals surface area (Å²) in [7, 11) is 0. The van der Waals surface area contributed by atoms with Crippen LogP contribution in [0.5, 0.6) is 0 Å². The molecule has 0 fully saturated rings. The molecule has 0 aliphatic heterocycles. The lowest BCUT2D eigenvalue weighted by atomic mass is 10.2. The Bertz CT molecular complexity index is 327. The van der Waals surface area contributed by atoms with Crippen LogP contribution in [0.15, 0.2) is 22.7 Å². The second-order valence-electron chi connectivity index (χ2n) is 3.37. The van der Waals surface area contributed by atoms with Gasteiger partial charge in [-0.25, -0.2) is 0 Å². The summed E-state index contributed by atoms with van der Waals surface area (Å²) in [5, 5.41) is 27.0. The van der Waals surface area contributed by atoms with Gasteiger partial charge >= 0.3 is 0 Å². The van der Waals surface area contributed by atoms with Crippen LogP contribution < -0.4 is 4.90 Å². The average molecular weight is 290 g/mol. The van der Waals surface area contributed by atoms with Crippen molar-refractivity contribution < 1.29 is 15.3 Å². The van der Waals surface area contributed by atoms with E-state index in [-0.39, 0.29) is 19.8 Å². The maximum absolute atomic E-state index is 9.14. The van der Waals surface area contributed by atoms with E-state index < -0.39 is 0 Å². The van der Waals surface area contributed by atoms with E-state index in [1.807, 2.05) is 23.1 Å². The van der Waals surface area contributed by atoms with Gasteiger partial charge in [0.05, 0.1) is 19.8 Å². The van der Waals surface area contributed by atoms with Gasteiger partial charge in [-0.2, -0.15) is 0 Å². The first-order valence-corrected chi connectivity index (χ1v) is 5.88. The fraction of sp³-hybridized carbons (Fsp3) is 0.455. The lowest BCUT2D eigenvalue weighted by Gasteiger charge is -2.23. The van der Waals surface area contributed by atoms with E-state index in [1.165, 1.54) is 0 Å². The standard InChI is InChI=1S/C11H16BrNO3/c12-11-2-1-10(7-9(11)8-16)13(3-5-14)4-6-15/h1-2,7,14-16H,3-6,8H2. The van der Waals surface area contributed by atoms with Gasteiger partial charge in [-0.3, -0.25) is 0 Å². The molecule has 0 unspecified atom stereocenters. The van der Waals surface area contributed by atoms with Crippen molar-refractivity contribution in [2.24, 2.45) is 0 Å². The zero-order valence-electron chi connectivity index (χ0n) is 8.93. The third-order valence-electron chi connectivity index (χ3n) is 2.30. The number of hydrogen-bond donors (Lipinski definition) is 3. The number of hydrogen-bond acceptors (Lipinski definition) is 4. The van der Waals surface area contributed by atoms with Crippen LogP contribution >= 0.6 is 15.9 Å². The number of aliphatic hydroxyl groups is 3. The van der Waals surface area contributed by atoms with Crippen LogP contribution in [0.4, 0.5) is 5.69 Å². The van der Waals surface area contributed by atoms with Gasteiger partial charge < -0.3 is 20.2 Å². The van der Waals surface area contributed by atoms with Gasteiger partial charge in [0.15, 0.2) is 0 Å². The molecule has 90 valence electrons. The molecule has 0 aliphatic carbocycles. The summed E-state index contributed by atoms with van der Waals surface area (Å²) in [6.07, 6.45) is 0. The van der Waals surface area contributed by atoms with Crippen LogP contribution in [-0.4, -0.2) is 41.6 Å². The predicted molar refractivity (Wildman–Crippen MR) is 66.4 cm³/mol. The zero-order chi connectivity index (χ0) is 12.0. The van der Waals surface area contributed by atoms with Crippen molar-refractivity contribution in [1.29, 1.82) is 0 Å². The first-order chi connectivity index (χ1) is 7.72. The Balaban J connectivity index is 2.90. The number of benzene rings is 1. The van der Waals surface area contributed by atoms with Crippen LogP contribution in [-0.2, 0) is 6.61 Å². The summed E-state index contributed by atoms with van der Waals surface area (Å²) < 4.78 is 0.853. The SMILES string of the molecule is OCCN(CCO)c1ccc(Br)c(CO)c1. The molecule has 0 saturated heterocycles. The van der Waals surface area contributed by atoms with Gasteiger partial charge in [-0.1, -0.05) is 15.9 Å². The highest BCUT2D eigenvalue weighted by atomic mass is 79.9. The molecule has 0 atom stereocenters. The lowest BCUT2D eigenvalue weighted by molar-refractivity contribution is 0.279. The molecule has 0 bridgehead atoms. The van der Waals surface area contributed by atoms with Gasteiger partial charge in [0.25, 0.3) is 0 Å². The Hall–Kier alpha value is -0.620. The molecule has 0 radical (unpaired) electrons. The smallest absolute Gasteiger partial charge is 0.0693 e. The van der Waals surface area contributed by atoms with Crippen molar-refractivity contribution in [2.75, 3.05) is 31.2 Å². The van der Waals surface area contributed by atoms with E-state index in [9.17, 15) is 0 Å². The topological polar surface area (TPSA) is 63.9 Å². The molecule has 0 amide bonds. The molecule has 0 aromatic heterocycles. The highest BCUT2D eigenvalue weighted by Gasteiger charge is 2.07. The summed E-state index contributed by atoms with van der Waals surface area (Å²) >= 11 is 3.34. The summed E-state index contributed by atoms with van der Waals surface area (Å²) in [4.78, 5) is 1.87. The summed E-state index contributed by atoms with van der Waals surface area (Å²) in [5.41, 5.74) is 1.67. The molecule has 1 aromatic rings. The van der Waals surface area contributed by atoms with Crippen molar-refractivity contribution in [2.45, 2.75) is 6.61 Å². The Labute approximate surface area is 103 Å². The largest absolute Gasteiger partial charge is 0.395 e. The second kappa shape index (κ2) is 6.85. The fourth-order valence-corrected chi connectivity index (χ4v) is 1.86. The molecule has 1 rings (SSSR count). The molecule has 5 heteroatoms. The minimum absolute atomic E-state index is 0.0323. The maximum atomic E-state index is 9.14. The number of anilines is 1. The minimum Gasteiger partial charge on any atom is -0.395 e. The Morgan fingerprint density at radius 1 is 1.06 bits per heavy atom. The third-order valence-corrected chi connectivity index (χ3v) is 3.08. The number of aliphatic hydroxyl groups excluding tert-OH is 3. The van der Waals surface area contributed by atoms with E-state index in [0.717, 1.165) is 15.7 Å². The molecule has 0 aliphatic rings. The van der Waals surface area contributed by atoms with Crippen LogP contribution in [0, 0.1) is 0 Å².